The summed E-state index contributed by atoms with van der Waals surface area (Å²) < 4.78 is 4.64. The number of hydrogen-bond donors (Lipinski definition) is 2. The van der Waals surface area contributed by atoms with Crippen LogP contribution in [0.2, 0.25) is 0 Å². The van der Waals surface area contributed by atoms with Gasteiger partial charge in [0.25, 0.3) is 0 Å². The minimum Gasteiger partial charge on any atom is -0.465 e. The van der Waals surface area contributed by atoms with Gasteiger partial charge in [0.15, 0.2) is 0 Å². The zero-order chi connectivity index (χ0) is 12.7. The van der Waals surface area contributed by atoms with Crippen LogP contribution in [0.5, 0.6) is 0 Å². The number of nitrogens with two attached hydrogens (primary N) is 1. The van der Waals surface area contributed by atoms with Gasteiger partial charge in [-0.25, -0.2) is 9.78 Å². The van der Waals surface area contributed by atoms with E-state index in [1.165, 1.54) is 7.11 Å². The molecule has 0 amide bonds. The molecule has 0 spiro atoms. The standard InChI is InChI=1S/C12H19N3O2/c1-3-4-5-7-14-11-10(13)9(6-8-15-11)12(16)17-2/h6,8H,3-5,7,13H2,1-2H3,(H,14,15). The number of nitrogens with one attached hydrogen (secondary N) is 1. The molecule has 0 saturated heterocycles. The molecule has 0 aromatic carbocycles. The number of esters is 1. The lowest BCUT2D eigenvalue weighted by atomic mass is 10.2. The Morgan fingerprint density at radius 3 is 2.94 bits per heavy atom. The number of aromatic nitrogens is 1. The van der Waals surface area contributed by atoms with E-state index in [9.17, 15) is 4.79 Å². The highest BCUT2D eigenvalue weighted by atomic mass is 16.5. The summed E-state index contributed by atoms with van der Waals surface area (Å²) in [6.45, 7) is 2.94. The predicted molar refractivity (Wildman–Crippen MR) is 68.0 cm³/mol. The molecule has 5 nitrogen and oxygen atoms in total. The van der Waals surface area contributed by atoms with Crippen molar-refractivity contribution in [2.24, 2.45) is 0 Å². The minimum absolute atomic E-state index is 0.343. The first-order valence-electron chi connectivity index (χ1n) is 5.77. The Morgan fingerprint density at radius 2 is 2.29 bits per heavy atom. The summed E-state index contributed by atoms with van der Waals surface area (Å²) in [5.41, 5.74) is 6.54. The first kappa shape index (κ1) is 13.3. The number of nitrogens with zero attached hydrogens (tertiary/aromatic N) is 1. The molecule has 0 atom stereocenters. The van der Waals surface area contributed by atoms with Gasteiger partial charge in [0.2, 0.25) is 0 Å². The molecule has 0 aliphatic heterocycles. The van der Waals surface area contributed by atoms with Crippen molar-refractivity contribution in [2.75, 3.05) is 24.7 Å². The summed E-state index contributed by atoms with van der Waals surface area (Å²) in [5.74, 6) is 0.102. The summed E-state index contributed by atoms with van der Waals surface area (Å²) >= 11 is 0. The van der Waals surface area contributed by atoms with Crippen molar-refractivity contribution in [3.63, 3.8) is 0 Å². The van der Waals surface area contributed by atoms with E-state index in [1.807, 2.05) is 0 Å². The molecule has 1 heterocycles. The minimum atomic E-state index is -0.443. The maximum absolute atomic E-state index is 11.4. The number of hydrogen-bond acceptors (Lipinski definition) is 5. The Labute approximate surface area is 101 Å². The first-order chi connectivity index (χ1) is 8.20. The molecule has 0 bridgehead atoms. The third kappa shape index (κ3) is 3.62. The van der Waals surface area contributed by atoms with E-state index >= 15 is 0 Å². The highest BCUT2D eigenvalue weighted by Gasteiger charge is 2.13. The maximum atomic E-state index is 11.4. The van der Waals surface area contributed by atoms with Crippen molar-refractivity contribution in [3.8, 4) is 0 Å². The molecular formula is C12H19N3O2. The van der Waals surface area contributed by atoms with Crippen LogP contribution in [0, 0.1) is 0 Å². The van der Waals surface area contributed by atoms with Crippen molar-refractivity contribution in [1.29, 1.82) is 0 Å². The van der Waals surface area contributed by atoms with E-state index in [0.29, 0.717) is 17.1 Å². The second-order valence-electron chi connectivity index (χ2n) is 3.75. The zero-order valence-corrected chi connectivity index (χ0v) is 10.3. The lowest BCUT2D eigenvalue weighted by Gasteiger charge is -2.10. The lowest BCUT2D eigenvalue weighted by molar-refractivity contribution is 0.0602. The smallest absolute Gasteiger partial charge is 0.340 e. The Balaban J connectivity index is 2.70. The number of unbranched alkanes of at least 4 members (excludes halogenated alkanes) is 2. The Morgan fingerprint density at radius 1 is 1.53 bits per heavy atom. The zero-order valence-electron chi connectivity index (χ0n) is 10.3. The van der Waals surface area contributed by atoms with Gasteiger partial charge in [0.05, 0.1) is 18.4 Å². The van der Waals surface area contributed by atoms with Crippen molar-refractivity contribution >= 4 is 17.5 Å². The molecule has 94 valence electrons. The Kier molecular flexibility index (Phi) is 5.26. The van der Waals surface area contributed by atoms with Crippen LogP contribution in [0.15, 0.2) is 12.3 Å². The van der Waals surface area contributed by atoms with Gasteiger partial charge < -0.3 is 15.8 Å². The van der Waals surface area contributed by atoms with Gasteiger partial charge >= 0.3 is 5.97 Å². The predicted octanol–water partition coefficient (Wildman–Crippen LogP) is 2.05. The maximum Gasteiger partial charge on any atom is 0.340 e. The third-order valence-electron chi connectivity index (χ3n) is 2.47. The molecule has 1 aromatic rings. The van der Waals surface area contributed by atoms with E-state index < -0.39 is 5.97 Å². The van der Waals surface area contributed by atoms with Gasteiger partial charge in [0.1, 0.15) is 5.82 Å². The van der Waals surface area contributed by atoms with Crippen LogP contribution < -0.4 is 11.1 Å². The highest BCUT2D eigenvalue weighted by molar-refractivity contribution is 5.97. The fourth-order valence-electron chi connectivity index (χ4n) is 1.48. The van der Waals surface area contributed by atoms with Crippen LogP contribution in [0.25, 0.3) is 0 Å². The van der Waals surface area contributed by atoms with Crippen LogP contribution in [0.4, 0.5) is 11.5 Å². The van der Waals surface area contributed by atoms with E-state index in [-0.39, 0.29) is 0 Å². The van der Waals surface area contributed by atoms with E-state index in [4.69, 9.17) is 5.73 Å². The van der Waals surface area contributed by atoms with Gasteiger partial charge in [-0.3, -0.25) is 0 Å². The molecule has 1 rings (SSSR count). The van der Waals surface area contributed by atoms with Crippen molar-refractivity contribution < 1.29 is 9.53 Å². The van der Waals surface area contributed by atoms with Gasteiger partial charge in [-0.2, -0.15) is 0 Å². The number of rotatable bonds is 6. The molecule has 3 N–H and O–H groups in total. The summed E-state index contributed by atoms with van der Waals surface area (Å²) in [4.78, 5) is 15.5. The van der Waals surface area contributed by atoms with Crippen LogP contribution in [0.3, 0.4) is 0 Å². The van der Waals surface area contributed by atoms with Gasteiger partial charge in [-0.1, -0.05) is 19.8 Å². The molecule has 5 heteroatoms. The fraction of sp³-hybridized carbons (Fsp3) is 0.500. The van der Waals surface area contributed by atoms with Gasteiger partial charge in [0, 0.05) is 12.7 Å². The monoisotopic (exact) mass is 237 g/mol. The molecule has 0 aliphatic rings. The molecule has 0 aliphatic carbocycles. The van der Waals surface area contributed by atoms with Crippen LogP contribution in [-0.4, -0.2) is 24.6 Å². The van der Waals surface area contributed by atoms with Crippen molar-refractivity contribution in [1.82, 2.24) is 4.98 Å². The summed E-state index contributed by atoms with van der Waals surface area (Å²) in [5, 5.41) is 3.12. The van der Waals surface area contributed by atoms with Crippen molar-refractivity contribution in [2.45, 2.75) is 26.2 Å². The Bertz CT molecular complexity index is 380. The quantitative estimate of drug-likeness (QED) is 0.585. The summed E-state index contributed by atoms with van der Waals surface area (Å²) in [7, 11) is 1.33. The van der Waals surface area contributed by atoms with E-state index in [2.05, 4.69) is 22.0 Å². The van der Waals surface area contributed by atoms with E-state index in [1.54, 1.807) is 12.3 Å². The topological polar surface area (TPSA) is 77.2 Å². The number of carbonyl (C=O) groups is 1. The summed E-state index contributed by atoms with van der Waals surface area (Å²) in [6, 6.07) is 1.55. The molecule has 0 unspecified atom stereocenters. The number of anilines is 2. The number of methoxy groups -OCH3 is 1. The molecule has 0 saturated carbocycles. The highest BCUT2D eigenvalue weighted by Crippen LogP contribution is 2.20. The summed E-state index contributed by atoms with van der Waals surface area (Å²) in [6.07, 6.45) is 4.92. The SMILES string of the molecule is CCCCCNc1nccc(C(=O)OC)c1N. The van der Waals surface area contributed by atoms with Crippen LogP contribution in [0.1, 0.15) is 36.5 Å². The second kappa shape index (κ2) is 6.73. The molecule has 0 fully saturated rings. The van der Waals surface area contributed by atoms with Crippen molar-refractivity contribution in [3.05, 3.63) is 17.8 Å². The lowest BCUT2D eigenvalue weighted by Crippen LogP contribution is -2.11. The average Bonchev–Trinajstić information content (AvgIpc) is 2.35. The fourth-order valence-corrected chi connectivity index (χ4v) is 1.48. The normalized spacial score (nSPS) is 10.0. The second-order valence-corrected chi connectivity index (χ2v) is 3.75. The third-order valence-corrected chi connectivity index (χ3v) is 2.47. The number of ether oxygens (including phenoxy) is 1. The molecule has 17 heavy (non-hydrogen) atoms. The molecule has 1 aromatic heterocycles. The van der Waals surface area contributed by atoms with Gasteiger partial charge in [-0.05, 0) is 12.5 Å². The first-order valence-corrected chi connectivity index (χ1v) is 5.77. The average molecular weight is 237 g/mol. The number of pyridine rings is 1. The van der Waals surface area contributed by atoms with Gasteiger partial charge in [-0.15, -0.1) is 0 Å². The Hall–Kier alpha value is -1.78. The number of carbonyl (C=O) groups excluding carboxylic acids is 1. The largest absolute Gasteiger partial charge is 0.465 e. The molecular weight excluding hydrogens is 218 g/mol. The molecule has 0 radical (unpaired) electrons. The van der Waals surface area contributed by atoms with E-state index in [0.717, 1.165) is 25.8 Å². The van der Waals surface area contributed by atoms with Crippen LogP contribution in [-0.2, 0) is 4.74 Å². The number of nitrogen functional groups attached to an aromatic ring is 1. The van der Waals surface area contributed by atoms with Crippen LogP contribution >= 0.6 is 0 Å².